The second kappa shape index (κ2) is 7.56. The molecule has 1 aliphatic rings. The van der Waals surface area contributed by atoms with Gasteiger partial charge in [-0.2, -0.15) is 0 Å². The number of piperidine rings is 1. The van der Waals surface area contributed by atoms with Crippen LogP contribution in [0.3, 0.4) is 0 Å². The summed E-state index contributed by atoms with van der Waals surface area (Å²) in [4.78, 5) is 14.5. The third-order valence-electron chi connectivity index (χ3n) is 4.64. The van der Waals surface area contributed by atoms with Crippen molar-refractivity contribution in [1.29, 1.82) is 0 Å². The van der Waals surface area contributed by atoms with Crippen molar-refractivity contribution in [3.05, 3.63) is 69.2 Å². The first-order valence-corrected chi connectivity index (χ1v) is 8.87. The highest BCUT2D eigenvalue weighted by molar-refractivity contribution is 6.42. The molecule has 5 heteroatoms. The first-order chi connectivity index (χ1) is 11.6. The van der Waals surface area contributed by atoms with Crippen molar-refractivity contribution in [2.45, 2.75) is 25.3 Å². The predicted molar refractivity (Wildman–Crippen MR) is 98.7 cm³/mol. The minimum Gasteiger partial charge on any atom is -0.339 e. The Morgan fingerprint density at radius 3 is 2.29 bits per heavy atom. The summed E-state index contributed by atoms with van der Waals surface area (Å²) in [6.45, 7) is 2.07. The van der Waals surface area contributed by atoms with Crippen molar-refractivity contribution < 1.29 is 4.79 Å². The Balaban J connectivity index is 1.63. The Morgan fingerprint density at radius 1 is 1.04 bits per heavy atom. The topological polar surface area (TPSA) is 46.3 Å². The smallest absolute Gasteiger partial charge is 0.253 e. The summed E-state index contributed by atoms with van der Waals surface area (Å²) in [5, 5.41) is 0.880. The van der Waals surface area contributed by atoms with Gasteiger partial charge in [-0.3, -0.25) is 4.79 Å². The quantitative estimate of drug-likeness (QED) is 0.875. The van der Waals surface area contributed by atoms with Crippen LogP contribution in [0, 0.1) is 0 Å². The Morgan fingerprint density at radius 2 is 1.71 bits per heavy atom. The molecule has 1 amide bonds. The number of carbonyl (C=O) groups is 1. The van der Waals surface area contributed by atoms with Crippen LogP contribution < -0.4 is 5.73 Å². The maximum absolute atomic E-state index is 12.6. The summed E-state index contributed by atoms with van der Waals surface area (Å²) in [5.74, 6) is 0.514. The summed E-state index contributed by atoms with van der Waals surface area (Å²) in [5.41, 5.74) is 8.71. The molecule has 2 aromatic carbocycles. The highest BCUT2D eigenvalue weighted by Gasteiger charge is 2.24. The maximum atomic E-state index is 12.6. The third-order valence-corrected chi connectivity index (χ3v) is 5.37. The lowest BCUT2D eigenvalue weighted by molar-refractivity contribution is 0.0713. The lowest BCUT2D eigenvalue weighted by Crippen LogP contribution is -2.37. The van der Waals surface area contributed by atoms with Gasteiger partial charge in [-0.25, -0.2) is 0 Å². The van der Waals surface area contributed by atoms with Crippen molar-refractivity contribution in [1.82, 2.24) is 4.90 Å². The fraction of sp³-hybridized carbons (Fsp3) is 0.316. The molecule has 0 saturated carbocycles. The highest BCUT2D eigenvalue weighted by atomic mass is 35.5. The van der Waals surface area contributed by atoms with E-state index < -0.39 is 0 Å². The number of halogens is 2. The number of hydrogen-bond donors (Lipinski definition) is 1. The molecule has 3 nitrogen and oxygen atoms in total. The summed E-state index contributed by atoms with van der Waals surface area (Å²) in [7, 11) is 0. The zero-order valence-corrected chi connectivity index (χ0v) is 14.9. The zero-order valence-electron chi connectivity index (χ0n) is 13.3. The molecule has 0 unspecified atom stereocenters. The van der Waals surface area contributed by atoms with Crippen LogP contribution in [0.2, 0.25) is 10.0 Å². The first-order valence-electron chi connectivity index (χ1n) is 8.11. The molecule has 1 aliphatic heterocycles. The van der Waals surface area contributed by atoms with Crippen LogP contribution >= 0.6 is 23.2 Å². The van der Waals surface area contributed by atoms with Crippen LogP contribution in [0.5, 0.6) is 0 Å². The number of benzene rings is 2. The van der Waals surface area contributed by atoms with E-state index in [1.807, 2.05) is 4.90 Å². The molecular formula is C19H20Cl2N2O. The molecule has 1 heterocycles. The van der Waals surface area contributed by atoms with Crippen LogP contribution in [-0.2, 0) is 6.54 Å². The third kappa shape index (κ3) is 3.75. The molecule has 0 spiro atoms. The predicted octanol–water partition coefficient (Wildman–Crippen LogP) is 4.47. The van der Waals surface area contributed by atoms with Crippen molar-refractivity contribution in [2.24, 2.45) is 5.73 Å². The lowest BCUT2D eigenvalue weighted by atomic mass is 9.89. The second-order valence-electron chi connectivity index (χ2n) is 6.14. The number of nitrogens with zero attached hydrogens (tertiary/aromatic N) is 1. The molecule has 2 aromatic rings. The van der Waals surface area contributed by atoms with Gasteiger partial charge in [0.05, 0.1) is 10.0 Å². The van der Waals surface area contributed by atoms with Crippen LogP contribution in [0.25, 0.3) is 0 Å². The van der Waals surface area contributed by atoms with Gasteiger partial charge in [-0.05, 0) is 48.1 Å². The number of nitrogens with two attached hydrogens (primary N) is 1. The molecule has 0 atom stereocenters. The van der Waals surface area contributed by atoms with Crippen molar-refractivity contribution in [3.63, 3.8) is 0 Å². The summed E-state index contributed by atoms with van der Waals surface area (Å²) in [6.07, 6.45) is 1.93. The van der Waals surface area contributed by atoms with Gasteiger partial charge in [0.15, 0.2) is 0 Å². The van der Waals surface area contributed by atoms with Gasteiger partial charge in [0.1, 0.15) is 0 Å². The molecule has 24 heavy (non-hydrogen) atoms. The fourth-order valence-corrected chi connectivity index (χ4v) is 3.45. The van der Waals surface area contributed by atoms with Gasteiger partial charge in [0.2, 0.25) is 0 Å². The molecule has 1 fully saturated rings. The zero-order chi connectivity index (χ0) is 17.1. The Hall–Kier alpha value is -1.55. The number of likely N-dealkylation sites (tertiary alicyclic amines) is 1. The van der Waals surface area contributed by atoms with Crippen molar-refractivity contribution in [2.75, 3.05) is 13.1 Å². The number of amides is 1. The average molecular weight is 363 g/mol. The van der Waals surface area contributed by atoms with Gasteiger partial charge in [-0.15, -0.1) is 0 Å². The summed E-state index contributed by atoms with van der Waals surface area (Å²) < 4.78 is 0. The van der Waals surface area contributed by atoms with E-state index in [1.54, 1.807) is 18.2 Å². The molecule has 2 N–H and O–H groups in total. The molecule has 1 saturated heterocycles. The van der Waals surface area contributed by atoms with Crippen molar-refractivity contribution >= 4 is 29.1 Å². The van der Waals surface area contributed by atoms with E-state index in [4.69, 9.17) is 28.9 Å². The number of hydrogen-bond acceptors (Lipinski definition) is 2. The molecule has 0 aromatic heterocycles. The highest BCUT2D eigenvalue weighted by Crippen LogP contribution is 2.29. The number of rotatable bonds is 3. The van der Waals surface area contributed by atoms with Crippen LogP contribution in [-0.4, -0.2) is 23.9 Å². The monoisotopic (exact) mass is 362 g/mol. The molecule has 0 aliphatic carbocycles. The standard InChI is InChI=1S/C19H20Cl2N2O/c20-17-6-5-16(11-18(17)21)19(24)23-9-7-15(8-10-23)14-3-1-13(12-22)2-4-14/h1-6,11,15H,7-10,12,22H2. The molecule has 126 valence electrons. The van der Waals surface area contributed by atoms with Crippen LogP contribution in [0.4, 0.5) is 0 Å². The molecular weight excluding hydrogens is 343 g/mol. The minimum atomic E-state index is 0.0190. The van der Waals surface area contributed by atoms with E-state index in [0.29, 0.717) is 28.1 Å². The summed E-state index contributed by atoms with van der Waals surface area (Å²) in [6, 6.07) is 13.5. The molecule has 0 radical (unpaired) electrons. The van der Waals surface area contributed by atoms with E-state index in [-0.39, 0.29) is 5.91 Å². The Kier molecular flexibility index (Phi) is 5.44. The first kappa shape index (κ1) is 17.3. The fourth-order valence-electron chi connectivity index (χ4n) is 3.15. The van der Waals surface area contributed by atoms with E-state index in [2.05, 4.69) is 24.3 Å². The SMILES string of the molecule is NCc1ccc(C2CCN(C(=O)c3ccc(Cl)c(Cl)c3)CC2)cc1. The normalized spacial score (nSPS) is 15.5. The minimum absolute atomic E-state index is 0.0190. The van der Waals surface area contributed by atoms with Crippen molar-refractivity contribution in [3.8, 4) is 0 Å². The van der Waals surface area contributed by atoms with Gasteiger partial charge >= 0.3 is 0 Å². The van der Waals surface area contributed by atoms with E-state index in [1.165, 1.54) is 5.56 Å². The maximum Gasteiger partial charge on any atom is 0.253 e. The lowest BCUT2D eigenvalue weighted by Gasteiger charge is -2.32. The molecule has 0 bridgehead atoms. The van der Waals surface area contributed by atoms with Crippen LogP contribution in [0.15, 0.2) is 42.5 Å². The average Bonchev–Trinajstić information content (AvgIpc) is 2.63. The van der Waals surface area contributed by atoms with E-state index >= 15 is 0 Å². The Labute approximate surface area is 152 Å². The van der Waals surface area contributed by atoms with E-state index in [0.717, 1.165) is 31.5 Å². The second-order valence-corrected chi connectivity index (χ2v) is 6.96. The Bertz CT molecular complexity index is 723. The number of carbonyl (C=O) groups excluding carboxylic acids is 1. The van der Waals surface area contributed by atoms with Gasteiger partial charge in [0.25, 0.3) is 5.91 Å². The van der Waals surface area contributed by atoms with Gasteiger partial charge in [0, 0.05) is 25.2 Å². The molecule has 3 rings (SSSR count). The summed E-state index contributed by atoms with van der Waals surface area (Å²) >= 11 is 11.9. The van der Waals surface area contributed by atoms with Gasteiger partial charge < -0.3 is 10.6 Å². The van der Waals surface area contributed by atoms with Crippen LogP contribution in [0.1, 0.15) is 40.2 Å². The van der Waals surface area contributed by atoms with Gasteiger partial charge in [-0.1, -0.05) is 47.5 Å². The largest absolute Gasteiger partial charge is 0.339 e. The van der Waals surface area contributed by atoms with E-state index in [9.17, 15) is 4.79 Å².